The Hall–Kier alpha value is -0.970. The number of hydrogen-bond donors (Lipinski definition) is 1. The second-order valence-corrected chi connectivity index (χ2v) is 7.34. The molecule has 0 spiro atoms. The van der Waals surface area contributed by atoms with Gasteiger partial charge < -0.3 is 15.1 Å². The van der Waals surface area contributed by atoms with E-state index in [0.717, 1.165) is 52.1 Å². The lowest BCUT2D eigenvalue weighted by molar-refractivity contribution is -0.142. The Balaban J connectivity index is 0.00000156. The molecule has 1 unspecified atom stereocenters. The van der Waals surface area contributed by atoms with Crippen LogP contribution < -0.4 is 10.2 Å². The van der Waals surface area contributed by atoms with E-state index < -0.39 is 0 Å². The van der Waals surface area contributed by atoms with Gasteiger partial charge in [-0.2, -0.15) is 0 Å². The third-order valence-electron chi connectivity index (χ3n) is 5.60. The summed E-state index contributed by atoms with van der Waals surface area (Å²) in [5.74, 6) is 0.338. The van der Waals surface area contributed by atoms with Crippen molar-refractivity contribution < 1.29 is 4.79 Å². The fourth-order valence-corrected chi connectivity index (χ4v) is 3.85. The van der Waals surface area contributed by atoms with Crippen LogP contribution in [0, 0.1) is 19.3 Å². The normalized spacial score (nSPS) is 23.5. The van der Waals surface area contributed by atoms with Crippen LogP contribution in [0.4, 0.5) is 5.69 Å². The van der Waals surface area contributed by atoms with E-state index in [0.29, 0.717) is 5.91 Å². The number of rotatable bonds is 2. The fraction of sp³-hybridized carbons (Fsp3) is 0.632. The van der Waals surface area contributed by atoms with Crippen LogP contribution >= 0.6 is 24.8 Å². The van der Waals surface area contributed by atoms with E-state index in [4.69, 9.17) is 0 Å². The molecule has 0 saturated carbocycles. The van der Waals surface area contributed by atoms with Gasteiger partial charge in [-0.3, -0.25) is 4.79 Å². The molecule has 2 heterocycles. The summed E-state index contributed by atoms with van der Waals surface area (Å²) < 4.78 is 0. The summed E-state index contributed by atoms with van der Waals surface area (Å²) in [6.07, 6.45) is 2.11. The van der Waals surface area contributed by atoms with Crippen LogP contribution in [0.3, 0.4) is 0 Å². The molecule has 3 rings (SSSR count). The Morgan fingerprint density at radius 1 is 1.12 bits per heavy atom. The molecule has 25 heavy (non-hydrogen) atoms. The first-order valence-electron chi connectivity index (χ1n) is 8.82. The van der Waals surface area contributed by atoms with Crippen LogP contribution in [-0.4, -0.2) is 50.1 Å². The highest BCUT2D eigenvalue weighted by Crippen LogP contribution is 2.29. The van der Waals surface area contributed by atoms with E-state index in [2.05, 4.69) is 54.1 Å². The van der Waals surface area contributed by atoms with Crippen molar-refractivity contribution in [2.24, 2.45) is 5.41 Å². The Kier molecular flexibility index (Phi) is 8.04. The van der Waals surface area contributed by atoms with Crippen molar-refractivity contribution in [2.45, 2.75) is 33.6 Å². The summed E-state index contributed by atoms with van der Waals surface area (Å²) >= 11 is 0. The summed E-state index contributed by atoms with van der Waals surface area (Å²) in [7, 11) is 0. The highest BCUT2D eigenvalue weighted by Gasteiger charge is 2.38. The van der Waals surface area contributed by atoms with Gasteiger partial charge in [-0.05, 0) is 57.4 Å². The Morgan fingerprint density at radius 2 is 1.80 bits per heavy atom. The van der Waals surface area contributed by atoms with Gasteiger partial charge in [0.2, 0.25) is 5.91 Å². The average molecular weight is 388 g/mol. The van der Waals surface area contributed by atoms with Gasteiger partial charge in [0, 0.05) is 38.4 Å². The number of benzene rings is 1. The van der Waals surface area contributed by atoms with E-state index in [1.54, 1.807) is 0 Å². The van der Waals surface area contributed by atoms with Crippen LogP contribution in [0.5, 0.6) is 0 Å². The number of halogens is 2. The van der Waals surface area contributed by atoms with Gasteiger partial charge in [-0.25, -0.2) is 0 Å². The quantitative estimate of drug-likeness (QED) is 0.845. The van der Waals surface area contributed by atoms with E-state index in [-0.39, 0.29) is 30.2 Å². The molecule has 0 bridgehead atoms. The van der Waals surface area contributed by atoms with Crippen LogP contribution in [0.1, 0.15) is 30.9 Å². The van der Waals surface area contributed by atoms with Crippen molar-refractivity contribution >= 4 is 36.4 Å². The number of hydrogen-bond acceptors (Lipinski definition) is 3. The summed E-state index contributed by atoms with van der Waals surface area (Å²) in [6, 6.07) is 6.49. The maximum absolute atomic E-state index is 12.9. The van der Waals surface area contributed by atoms with Crippen molar-refractivity contribution in [3.63, 3.8) is 0 Å². The SMILES string of the molecule is Cc1cccc(N2CCN(C(=O)C3(C)CCCNC3)CC2)c1C.Cl.Cl. The molecule has 1 amide bonds. The smallest absolute Gasteiger partial charge is 0.229 e. The Bertz CT molecular complexity index is 580. The molecule has 1 atom stereocenters. The van der Waals surface area contributed by atoms with E-state index in [1.807, 2.05) is 0 Å². The lowest BCUT2D eigenvalue weighted by Gasteiger charge is -2.42. The molecule has 1 N–H and O–H groups in total. The fourth-order valence-electron chi connectivity index (χ4n) is 3.85. The van der Waals surface area contributed by atoms with Gasteiger partial charge >= 0.3 is 0 Å². The first-order chi connectivity index (χ1) is 11.0. The molecule has 0 aliphatic carbocycles. The summed E-state index contributed by atoms with van der Waals surface area (Å²) in [5, 5.41) is 3.39. The molecular weight excluding hydrogens is 357 g/mol. The zero-order chi connectivity index (χ0) is 16.4. The molecule has 6 heteroatoms. The van der Waals surface area contributed by atoms with Gasteiger partial charge in [-0.1, -0.05) is 12.1 Å². The predicted octanol–water partition coefficient (Wildman–Crippen LogP) is 3.19. The number of nitrogens with zero attached hydrogens (tertiary/aromatic N) is 2. The van der Waals surface area contributed by atoms with Crippen molar-refractivity contribution in [2.75, 3.05) is 44.2 Å². The molecular formula is C19H31Cl2N3O. The number of piperidine rings is 1. The number of carbonyl (C=O) groups excluding carboxylic acids is 1. The molecule has 4 nitrogen and oxygen atoms in total. The number of aryl methyl sites for hydroxylation is 1. The minimum atomic E-state index is -0.209. The van der Waals surface area contributed by atoms with Crippen molar-refractivity contribution in [3.05, 3.63) is 29.3 Å². The first kappa shape index (κ1) is 22.1. The van der Waals surface area contributed by atoms with Gasteiger partial charge in [-0.15, -0.1) is 24.8 Å². The molecule has 2 aliphatic rings. The highest BCUT2D eigenvalue weighted by atomic mass is 35.5. The largest absolute Gasteiger partial charge is 0.368 e. The first-order valence-corrected chi connectivity index (χ1v) is 8.82. The maximum Gasteiger partial charge on any atom is 0.229 e. The molecule has 1 aromatic carbocycles. The van der Waals surface area contributed by atoms with E-state index >= 15 is 0 Å². The molecule has 0 aromatic heterocycles. The van der Waals surface area contributed by atoms with Gasteiger partial charge in [0.15, 0.2) is 0 Å². The molecule has 2 fully saturated rings. The second kappa shape index (κ2) is 9.11. The summed E-state index contributed by atoms with van der Waals surface area (Å²) in [4.78, 5) is 17.4. The minimum absolute atomic E-state index is 0. The third-order valence-corrected chi connectivity index (χ3v) is 5.60. The summed E-state index contributed by atoms with van der Waals surface area (Å²) in [6.45, 7) is 11.9. The van der Waals surface area contributed by atoms with Gasteiger partial charge in [0.05, 0.1) is 5.41 Å². The molecule has 2 saturated heterocycles. The molecule has 2 aliphatic heterocycles. The topological polar surface area (TPSA) is 35.6 Å². The third kappa shape index (κ3) is 4.60. The van der Waals surface area contributed by atoms with Crippen molar-refractivity contribution in [1.82, 2.24) is 10.2 Å². The van der Waals surface area contributed by atoms with Crippen molar-refractivity contribution in [1.29, 1.82) is 0 Å². The molecule has 0 radical (unpaired) electrons. The summed E-state index contributed by atoms with van der Waals surface area (Å²) in [5.41, 5.74) is 3.81. The number of anilines is 1. The lowest BCUT2D eigenvalue weighted by atomic mass is 9.81. The number of carbonyl (C=O) groups is 1. The van der Waals surface area contributed by atoms with Crippen molar-refractivity contribution in [3.8, 4) is 0 Å². The zero-order valence-corrected chi connectivity index (χ0v) is 17.1. The Labute approximate surface area is 164 Å². The van der Waals surface area contributed by atoms with Crippen LogP contribution in [0.25, 0.3) is 0 Å². The zero-order valence-electron chi connectivity index (χ0n) is 15.5. The molecule has 1 aromatic rings. The van der Waals surface area contributed by atoms with Crippen LogP contribution in [0.2, 0.25) is 0 Å². The minimum Gasteiger partial charge on any atom is -0.368 e. The number of piperazine rings is 1. The highest BCUT2D eigenvalue weighted by molar-refractivity contribution is 5.85. The van der Waals surface area contributed by atoms with Gasteiger partial charge in [0.1, 0.15) is 0 Å². The number of nitrogens with one attached hydrogen (secondary N) is 1. The standard InChI is InChI=1S/C19H29N3O.2ClH/c1-15-6-4-7-17(16(15)2)21-10-12-22(13-11-21)18(23)19(3)8-5-9-20-14-19;;/h4,6-7,20H,5,8-14H2,1-3H3;2*1H. The monoisotopic (exact) mass is 387 g/mol. The predicted molar refractivity (Wildman–Crippen MR) is 109 cm³/mol. The lowest BCUT2D eigenvalue weighted by Crippen LogP contribution is -2.56. The number of amides is 1. The Morgan fingerprint density at radius 3 is 2.40 bits per heavy atom. The van der Waals surface area contributed by atoms with E-state index in [1.165, 1.54) is 16.8 Å². The second-order valence-electron chi connectivity index (χ2n) is 7.34. The van der Waals surface area contributed by atoms with Crippen LogP contribution in [0.15, 0.2) is 18.2 Å². The van der Waals surface area contributed by atoms with Crippen LogP contribution in [-0.2, 0) is 4.79 Å². The van der Waals surface area contributed by atoms with Gasteiger partial charge in [0.25, 0.3) is 0 Å². The molecule has 142 valence electrons. The average Bonchev–Trinajstić information content (AvgIpc) is 2.58. The van der Waals surface area contributed by atoms with E-state index in [9.17, 15) is 4.79 Å². The maximum atomic E-state index is 12.9.